The summed E-state index contributed by atoms with van der Waals surface area (Å²) < 4.78 is 0. The first-order valence-electron chi connectivity index (χ1n) is 13.3. The molecule has 1 unspecified atom stereocenters. The smallest absolute Gasteiger partial charge is 0.0910 e. The number of aliphatic hydroxyl groups is 2. The maximum absolute atomic E-state index is 11.4. The maximum Gasteiger partial charge on any atom is 0.0910 e. The van der Waals surface area contributed by atoms with Crippen molar-refractivity contribution in [3.05, 3.63) is 11.6 Å². The Bertz CT molecular complexity index is 795. The third-order valence-corrected chi connectivity index (χ3v) is 12.7. The lowest BCUT2D eigenvalue weighted by Crippen LogP contribution is -2.66. The van der Waals surface area contributed by atoms with Crippen molar-refractivity contribution >= 4 is 0 Å². The Kier molecular flexibility index (Phi) is 4.64. The zero-order chi connectivity index (χ0) is 22.7. The van der Waals surface area contributed by atoms with Gasteiger partial charge in [0.05, 0.1) is 11.7 Å². The normalized spacial score (nSPS) is 58.3. The molecule has 0 spiro atoms. The molecular weight excluding hydrogens is 380 g/mol. The van der Waals surface area contributed by atoms with Crippen LogP contribution in [0.3, 0.4) is 0 Å². The van der Waals surface area contributed by atoms with Crippen molar-refractivity contribution < 1.29 is 10.2 Å². The van der Waals surface area contributed by atoms with Crippen molar-refractivity contribution in [1.29, 1.82) is 0 Å². The highest BCUT2D eigenvalue weighted by Gasteiger charge is 2.68. The Labute approximate surface area is 191 Å². The van der Waals surface area contributed by atoms with Gasteiger partial charge in [-0.1, -0.05) is 53.2 Å². The minimum Gasteiger partial charge on any atom is -0.390 e. The van der Waals surface area contributed by atoms with E-state index in [1.807, 2.05) is 12.5 Å². The van der Waals surface area contributed by atoms with Crippen LogP contribution in [-0.4, -0.2) is 21.9 Å². The summed E-state index contributed by atoms with van der Waals surface area (Å²) in [5, 5.41) is 22.0. The second-order valence-corrected chi connectivity index (χ2v) is 14.6. The molecule has 0 heterocycles. The summed E-state index contributed by atoms with van der Waals surface area (Å²) in [4.78, 5) is 0. The molecule has 2 N–H and O–H groups in total. The van der Waals surface area contributed by atoms with Gasteiger partial charge in [-0.25, -0.2) is 0 Å². The van der Waals surface area contributed by atoms with Gasteiger partial charge < -0.3 is 10.2 Å². The third-order valence-electron chi connectivity index (χ3n) is 12.7. The molecule has 31 heavy (non-hydrogen) atoms. The fourth-order valence-corrected chi connectivity index (χ4v) is 10.2. The molecule has 0 amide bonds. The quantitative estimate of drug-likeness (QED) is 0.412. The van der Waals surface area contributed by atoms with E-state index in [4.69, 9.17) is 0 Å². The summed E-state index contributed by atoms with van der Waals surface area (Å²) in [5.41, 5.74) is 2.52. The first kappa shape index (κ1) is 22.5. The topological polar surface area (TPSA) is 40.5 Å². The van der Waals surface area contributed by atoms with Crippen LogP contribution in [0.4, 0.5) is 0 Å². The predicted molar refractivity (Wildman–Crippen MR) is 128 cm³/mol. The van der Waals surface area contributed by atoms with Crippen LogP contribution in [0.2, 0.25) is 0 Å². The summed E-state index contributed by atoms with van der Waals surface area (Å²) in [6.07, 6.45) is 14.2. The van der Waals surface area contributed by atoms with E-state index in [1.54, 1.807) is 0 Å². The average molecular weight is 429 g/mol. The molecule has 4 fully saturated rings. The third kappa shape index (κ3) is 2.76. The van der Waals surface area contributed by atoms with Crippen LogP contribution in [-0.2, 0) is 0 Å². The van der Waals surface area contributed by atoms with Gasteiger partial charge in [0.15, 0.2) is 0 Å². The largest absolute Gasteiger partial charge is 0.390 e. The van der Waals surface area contributed by atoms with Gasteiger partial charge in [0.1, 0.15) is 0 Å². The minimum absolute atomic E-state index is 0.118. The molecule has 0 radical (unpaired) electrons. The highest BCUT2D eigenvalue weighted by molar-refractivity contribution is 5.33. The van der Waals surface area contributed by atoms with Gasteiger partial charge in [-0.2, -0.15) is 0 Å². The molecule has 0 aromatic carbocycles. The van der Waals surface area contributed by atoms with Crippen molar-refractivity contribution in [3.8, 4) is 0 Å². The number of rotatable bonds is 0. The lowest BCUT2D eigenvalue weighted by molar-refractivity contribution is -0.233. The summed E-state index contributed by atoms with van der Waals surface area (Å²) in [6.45, 7) is 17.2. The number of allylic oxidation sites excluding steroid dienone is 2. The van der Waals surface area contributed by atoms with Crippen LogP contribution < -0.4 is 0 Å². The van der Waals surface area contributed by atoms with Gasteiger partial charge >= 0.3 is 0 Å². The van der Waals surface area contributed by atoms with Crippen molar-refractivity contribution in [3.63, 3.8) is 0 Å². The van der Waals surface area contributed by atoms with E-state index in [0.29, 0.717) is 22.2 Å². The van der Waals surface area contributed by atoms with E-state index in [0.717, 1.165) is 25.2 Å². The zero-order valence-corrected chi connectivity index (χ0v) is 21.4. The summed E-state index contributed by atoms with van der Waals surface area (Å²) in [6, 6.07) is 0. The Balaban J connectivity index is 1.57. The van der Waals surface area contributed by atoms with E-state index in [-0.39, 0.29) is 16.7 Å². The van der Waals surface area contributed by atoms with Crippen molar-refractivity contribution in [2.45, 2.75) is 124 Å². The fraction of sp³-hybridized carbons (Fsp3) is 0.931. The van der Waals surface area contributed by atoms with E-state index < -0.39 is 11.7 Å². The SMILES string of the molecule is CC1(C)CC[C@]2(C)CC[C@]3(C)C(=CC[C@@H]4[C@@]5(C)CC[C@H](O)[C@@](C)(O)C5CC[C@]43C)[C@H]2C1. The molecule has 5 aliphatic carbocycles. The molecule has 5 rings (SSSR count). The monoisotopic (exact) mass is 428 g/mol. The maximum atomic E-state index is 11.4. The van der Waals surface area contributed by atoms with Crippen LogP contribution in [0, 0.1) is 44.8 Å². The molecular formula is C29H48O2. The molecule has 9 atom stereocenters. The summed E-state index contributed by atoms with van der Waals surface area (Å²) >= 11 is 0. The van der Waals surface area contributed by atoms with Crippen LogP contribution in [0.25, 0.3) is 0 Å². The Morgan fingerprint density at radius 3 is 2.19 bits per heavy atom. The number of fused-ring (bicyclic) bond motifs is 7. The van der Waals surface area contributed by atoms with Gasteiger partial charge in [0.2, 0.25) is 0 Å². The van der Waals surface area contributed by atoms with Crippen LogP contribution in [0.1, 0.15) is 113 Å². The fourth-order valence-electron chi connectivity index (χ4n) is 10.2. The van der Waals surface area contributed by atoms with Gasteiger partial charge in [-0.3, -0.25) is 0 Å². The molecule has 4 saturated carbocycles. The Morgan fingerprint density at radius 2 is 1.48 bits per heavy atom. The van der Waals surface area contributed by atoms with Crippen molar-refractivity contribution in [1.82, 2.24) is 0 Å². The number of hydrogen-bond acceptors (Lipinski definition) is 2. The van der Waals surface area contributed by atoms with Crippen molar-refractivity contribution in [2.24, 2.45) is 44.8 Å². The molecule has 0 aromatic rings. The lowest BCUT2D eigenvalue weighted by Gasteiger charge is -2.71. The minimum atomic E-state index is -0.947. The average Bonchev–Trinajstić information content (AvgIpc) is 2.67. The highest BCUT2D eigenvalue weighted by Crippen LogP contribution is 2.75. The van der Waals surface area contributed by atoms with E-state index in [9.17, 15) is 10.2 Å². The second kappa shape index (κ2) is 6.41. The highest BCUT2D eigenvalue weighted by atomic mass is 16.3. The Morgan fingerprint density at radius 1 is 0.806 bits per heavy atom. The van der Waals surface area contributed by atoms with E-state index >= 15 is 0 Å². The molecule has 5 aliphatic rings. The standard InChI is InChI=1S/C29H48O2/c1-24(2)14-15-25(3)16-17-27(5)19(20(25)18-24)8-9-21-26(4)12-11-23(30)29(7,31)22(26)10-13-28(21,27)6/h8,20-23,30-31H,9-18H2,1-7H3/t20-,21-,22?,23+,25-,26-,27-,28-,29+/m1/s1. The zero-order valence-electron chi connectivity index (χ0n) is 21.4. The molecule has 0 aromatic heterocycles. The van der Waals surface area contributed by atoms with Crippen LogP contribution >= 0.6 is 0 Å². The number of aliphatic hydroxyl groups excluding tert-OH is 1. The second-order valence-electron chi connectivity index (χ2n) is 14.6. The number of hydrogen-bond donors (Lipinski definition) is 2. The van der Waals surface area contributed by atoms with Crippen molar-refractivity contribution in [2.75, 3.05) is 0 Å². The first-order valence-corrected chi connectivity index (χ1v) is 13.3. The first-order chi connectivity index (χ1) is 14.2. The lowest BCUT2D eigenvalue weighted by atomic mass is 9.34. The van der Waals surface area contributed by atoms with Crippen LogP contribution in [0.15, 0.2) is 11.6 Å². The predicted octanol–water partition coefficient (Wildman–Crippen LogP) is 6.89. The Hall–Kier alpha value is -0.340. The molecule has 2 heteroatoms. The molecule has 2 nitrogen and oxygen atoms in total. The van der Waals surface area contributed by atoms with Gasteiger partial charge in [0.25, 0.3) is 0 Å². The van der Waals surface area contributed by atoms with Gasteiger partial charge in [-0.05, 0) is 116 Å². The van der Waals surface area contributed by atoms with E-state index in [2.05, 4.69) is 47.6 Å². The summed E-state index contributed by atoms with van der Waals surface area (Å²) in [7, 11) is 0. The summed E-state index contributed by atoms with van der Waals surface area (Å²) in [5.74, 6) is 1.56. The molecule has 0 saturated heterocycles. The molecule has 176 valence electrons. The van der Waals surface area contributed by atoms with Crippen LogP contribution in [0.5, 0.6) is 0 Å². The molecule has 0 aliphatic heterocycles. The van der Waals surface area contributed by atoms with Gasteiger partial charge in [0, 0.05) is 0 Å². The van der Waals surface area contributed by atoms with E-state index in [1.165, 1.54) is 44.9 Å². The van der Waals surface area contributed by atoms with Gasteiger partial charge in [-0.15, -0.1) is 0 Å². The molecule has 0 bridgehead atoms.